The topological polar surface area (TPSA) is 67.2 Å². The van der Waals surface area contributed by atoms with Crippen LogP contribution in [-0.2, 0) is 4.74 Å². The number of alkyl halides is 3. The van der Waals surface area contributed by atoms with Crippen molar-refractivity contribution in [1.29, 1.82) is 5.26 Å². The number of aldehydes is 1. The van der Waals surface area contributed by atoms with Crippen molar-refractivity contribution < 1.29 is 27.5 Å². The molecule has 0 aromatic heterocycles. The van der Waals surface area contributed by atoms with E-state index >= 15 is 0 Å². The summed E-state index contributed by atoms with van der Waals surface area (Å²) in [7, 11) is 0. The second-order valence-corrected chi connectivity index (χ2v) is 4.54. The summed E-state index contributed by atoms with van der Waals surface area (Å²) in [5, 5.41) is 8.78. The molecule has 0 bridgehead atoms. The highest BCUT2D eigenvalue weighted by atomic mass is 32.2. The fourth-order valence-electron chi connectivity index (χ4n) is 1.40. The summed E-state index contributed by atoms with van der Waals surface area (Å²) < 4.78 is 41.9. The van der Waals surface area contributed by atoms with Crippen LogP contribution in [0.5, 0.6) is 0 Å². The fourth-order valence-corrected chi connectivity index (χ4v) is 2.10. The number of halogens is 3. The molecule has 0 aliphatic rings. The minimum atomic E-state index is -4.64. The highest BCUT2D eigenvalue weighted by Gasteiger charge is 2.32. The molecule has 0 fully saturated rings. The first-order valence-corrected chi connectivity index (χ1v) is 6.10. The van der Waals surface area contributed by atoms with E-state index in [-0.39, 0.29) is 24.0 Å². The third kappa shape index (κ3) is 3.99. The number of nitriles is 1. The van der Waals surface area contributed by atoms with Gasteiger partial charge in [-0.2, -0.15) is 18.4 Å². The Morgan fingerprint density at radius 3 is 2.60 bits per heavy atom. The number of rotatable bonds is 4. The third-order valence-electron chi connectivity index (χ3n) is 2.11. The predicted octanol–water partition coefficient (Wildman–Crippen LogP) is 3.16. The second-order valence-electron chi connectivity index (χ2n) is 3.43. The van der Waals surface area contributed by atoms with Gasteiger partial charge in [0.05, 0.1) is 23.8 Å². The van der Waals surface area contributed by atoms with Crippen LogP contribution in [0.3, 0.4) is 0 Å². The lowest BCUT2D eigenvalue weighted by molar-refractivity contribution is -0.0328. The standard InChI is InChI=1S/C12H8F3NO3S/c1-2-19-11(18)8-3-7(5-16)4-10(9(8)6-17)20-12(13,14)15/h3-4,6H,2H2,1H3. The van der Waals surface area contributed by atoms with Crippen molar-refractivity contribution in [3.63, 3.8) is 0 Å². The molecule has 0 aliphatic carbocycles. The van der Waals surface area contributed by atoms with Crippen LogP contribution in [-0.4, -0.2) is 24.4 Å². The molecule has 1 rings (SSSR count). The molecular formula is C12H8F3NO3S. The van der Waals surface area contributed by atoms with Gasteiger partial charge in [0.2, 0.25) is 0 Å². The molecule has 4 nitrogen and oxygen atoms in total. The SMILES string of the molecule is CCOC(=O)c1cc(C#N)cc(SC(F)(F)F)c1C=O. The molecule has 0 atom stereocenters. The maximum absolute atomic E-state index is 12.4. The van der Waals surface area contributed by atoms with Gasteiger partial charge in [-0.25, -0.2) is 4.79 Å². The van der Waals surface area contributed by atoms with Gasteiger partial charge in [0.25, 0.3) is 0 Å². The van der Waals surface area contributed by atoms with Crippen LogP contribution in [0.25, 0.3) is 0 Å². The Bertz CT molecular complexity index is 579. The zero-order valence-electron chi connectivity index (χ0n) is 10.2. The summed E-state index contributed by atoms with van der Waals surface area (Å²) in [6.07, 6.45) is 0.140. The zero-order valence-corrected chi connectivity index (χ0v) is 11.0. The van der Waals surface area contributed by atoms with Gasteiger partial charge in [0.15, 0.2) is 6.29 Å². The highest BCUT2D eigenvalue weighted by molar-refractivity contribution is 8.00. The van der Waals surface area contributed by atoms with E-state index in [2.05, 4.69) is 4.74 Å². The monoisotopic (exact) mass is 303 g/mol. The molecule has 1 aromatic rings. The van der Waals surface area contributed by atoms with E-state index < -0.39 is 33.7 Å². The van der Waals surface area contributed by atoms with Crippen molar-refractivity contribution in [1.82, 2.24) is 0 Å². The summed E-state index contributed by atoms with van der Waals surface area (Å²) in [6, 6.07) is 3.57. The highest BCUT2D eigenvalue weighted by Crippen LogP contribution is 2.39. The van der Waals surface area contributed by atoms with Crippen molar-refractivity contribution in [3.8, 4) is 6.07 Å². The summed E-state index contributed by atoms with van der Waals surface area (Å²) in [6.45, 7) is 1.51. The number of carbonyl (C=O) groups excluding carboxylic acids is 2. The number of hydrogen-bond donors (Lipinski definition) is 0. The summed E-state index contributed by atoms with van der Waals surface area (Å²) in [5.41, 5.74) is -5.60. The Morgan fingerprint density at radius 1 is 1.50 bits per heavy atom. The lowest BCUT2D eigenvalue weighted by Gasteiger charge is -2.11. The van der Waals surface area contributed by atoms with Crippen LogP contribution in [0, 0.1) is 11.3 Å². The van der Waals surface area contributed by atoms with E-state index in [1.807, 2.05) is 0 Å². The van der Waals surface area contributed by atoms with Crippen LogP contribution in [0.15, 0.2) is 17.0 Å². The Morgan fingerprint density at radius 2 is 2.15 bits per heavy atom. The molecule has 0 saturated heterocycles. The summed E-state index contributed by atoms with van der Waals surface area (Å²) in [4.78, 5) is 22.1. The van der Waals surface area contributed by atoms with E-state index in [0.29, 0.717) is 0 Å². The van der Waals surface area contributed by atoms with Crippen molar-refractivity contribution >= 4 is 24.0 Å². The van der Waals surface area contributed by atoms with Crippen molar-refractivity contribution in [3.05, 3.63) is 28.8 Å². The molecule has 20 heavy (non-hydrogen) atoms. The van der Waals surface area contributed by atoms with Crippen LogP contribution in [0.4, 0.5) is 13.2 Å². The normalized spacial score (nSPS) is 10.8. The van der Waals surface area contributed by atoms with E-state index in [1.54, 1.807) is 6.07 Å². The Labute approximate surface area is 116 Å². The minimum absolute atomic E-state index is 0.00431. The van der Waals surface area contributed by atoms with E-state index in [0.717, 1.165) is 12.1 Å². The summed E-state index contributed by atoms with van der Waals surface area (Å²) >= 11 is -0.559. The Kier molecular flexibility index (Phi) is 5.16. The molecule has 0 aliphatic heterocycles. The van der Waals surface area contributed by atoms with Gasteiger partial charge < -0.3 is 4.74 Å². The molecule has 106 valence electrons. The Hall–Kier alpha value is -2.01. The fraction of sp³-hybridized carbons (Fsp3) is 0.250. The first-order chi connectivity index (χ1) is 9.32. The lowest BCUT2D eigenvalue weighted by atomic mass is 10.1. The molecule has 0 radical (unpaired) electrons. The Balaban J connectivity index is 3.43. The van der Waals surface area contributed by atoms with E-state index in [9.17, 15) is 22.8 Å². The molecule has 1 aromatic carbocycles. The third-order valence-corrected chi connectivity index (χ3v) is 2.90. The quantitative estimate of drug-likeness (QED) is 0.485. The first-order valence-electron chi connectivity index (χ1n) is 5.28. The first kappa shape index (κ1) is 16.0. The van der Waals surface area contributed by atoms with Crippen LogP contribution in [0.2, 0.25) is 0 Å². The molecule has 0 unspecified atom stereocenters. The van der Waals surface area contributed by atoms with Crippen molar-refractivity contribution in [2.75, 3.05) is 6.61 Å². The molecule has 0 saturated carbocycles. The molecule has 0 N–H and O–H groups in total. The number of carbonyl (C=O) groups is 2. The van der Waals surface area contributed by atoms with Crippen molar-refractivity contribution in [2.24, 2.45) is 0 Å². The number of esters is 1. The van der Waals surface area contributed by atoms with Crippen LogP contribution >= 0.6 is 11.8 Å². The maximum Gasteiger partial charge on any atom is 0.446 e. The van der Waals surface area contributed by atoms with E-state index in [1.165, 1.54) is 6.92 Å². The predicted molar refractivity (Wildman–Crippen MR) is 64.4 cm³/mol. The molecular weight excluding hydrogens is 295 g/mol. The molecule has 8 heteroatoms. The molecule has 0 heterocycles. The lowest BCUT2D eigenvalue weighted by Crippen LogP contribution is -2.11. The van der Waals surface area contributed by atoms with Crippen LogP contribution in [0.1, 0.15) is 33.2 Å². The van der Waals surface area contributed by atoms with Gasteiger partial charge in [0, 0.05) is 10.5 Å². The largest absolute Gasteiger partial charge is 0.462 e. The van der Waals surface area contributed by atoms with Gasteiger partial charge >= 0.3 is 11.5 Å². The zero-order chi connectivity index (χ0) is 15.3. The van der Waals surface area contributed by atoms with Gasteiger partial charge in [-0.15, -0.1) is 0 Å². The molecule has 0 spiro atoms. The number of nitrogens with zero attached hydrogens (tertiary/aromatic N) is 1. The maximum atomic E-state index is 12.4. The average molecular weight is 303 g/mol. The smallest absolute Gasteiger partial charge is 0.446 e. The second kappa shape index (κ2) is 6.43. The van der Waals surface area contributed by atoms with Gasteiger partial charge in [-0.05, 0) is 30.8 Å². The van der Waals surface area contributed by atoms with Gasteiger partial charge in [-0.3, -0.25) is 4.79 Å². The summed E-state index contributed by atoms with van der Waals surface area (Å²) in [5.74, 6) is -0.948. The van der Waals surface area contributed by atoms with Gasteiger partial charge in [-0.1, -0.05) is 0 Å². The van der Waals surface area contributed by atoms with Gasteiger partial charge in [0.1, 0.15) is 0 Å². The number of hydrogen-bond acceptors (Lipinski definition) is 5. The van der Waals surface area contributed by atoms with Crippen molar-refractivity contribution in [2.45, 2.75) is 17.3 Å². The minimum Gasteiger partial charge on any atom is -0.462 e. The number of benzene rings is 1. The number of ether oxygens (including phenoxy) is 1. The molecule has 0 amide bonds. The average Bonchev–Trinajstić information content (AvgIpc) is 2.36. The van der Waals surface area contributed by atoms with Crippen LogP contribution < -0.4 is 0 Å². The number of thioether (sulfide) groups is 1. The van der Waals surface area contributed by atoms with E-state index in [4.69, 9.17) is 5.26 Å².